The lowest BCUT2D eigenvalue weighted by Crippen LogP contribution is -2.59. The molecule has 0 radical (unpaired) electrons. The molecule has 1 aliphatic rings. The van der Waals surface area contributed by atoms with Crippen LogP contribution >= 0.6 is 0 Å². The Morgan fingerprint density at radius 3 is 2.42 bits per heavy atom. The molecule has 1 N–H and O–H groups in total. The number of hydrogen-bond donors (Lipinski definition) is 1. The molecule has 3 rings (SSSR count). The number of ether oxygens (including phenoxy) is 1. The van der Waals surface area contributed by atoms with Crippen molar-refractivity contribution in [2.24, 2.45) is 0 Å². The average molecular weight is 324 g/mol. The van der Waals surface area contributed by atoms with Crippen LogP contribution in [0.15, 0.2) is 60.7 Å². The summed E-state index contributed by atoms with van der Waals surface area (Å²) >= 11 is 0. The minimum atomic E-state index is -0.327. The third-order valence-corrected chi connectivity index (χ3v) is 4.37. The van der Waals surface area contributed by atoms with Gasteiger partial charge >= 0.3 is 6.03 Å². The summed E-state index contributed by atoms with van der Waals surface area (Å²) in [7, 11) is 0. The zero-order chi connectivity index (χ0) is 17.0. The number of carbonyl (C=O) groups is 1. The van der Waals surface area contributed by atoms with Crippen molar-refractivity contribution in [3.8, 4) is 0 Å². The van der Waals surface area contributed by atoms with Gasteiger partial charge in [0.2, 0.25) is 0 Å². The number of urea groups is 1. The highest BCUT2D eigenvalue weighted by Gasteiger charge is 2.38. The van der Waals surface area contributed by atoms with Crippen molar-refractivity contribution >= 4 is 11.7 Å². The summed E-state index contributed by atoms with van der Waals surface area (Å²) < 4.78 is 6.01. The number of anilines is 1. The molecule has 1 aliphatic heterocycles. The van der Waals surface area contributed by atoms with Crippen LogP contribution in [0.25, 0.3) is 0 Å². The second-order valence-corrected chi connectivity index (χ2v) is 6.84. The number of carbonyl (C=O) groups excluding carboxylic acids is 1. The van der Waals surface area contributed by atoms with Crippen LogP contribution in [-0.2, 0) is 11.2 Å². The van der Waals surface area contributed by atoms with Crippen LogP contribution in [0, 0.1) is 0 Å². The van der Waals surface area contributed by atoms with Gasteiger partial charge in [-0.2, -0.15) is 0 Å². The zero-order valence-electron chi connectivity index (χ0n) is 14.2. The fourth-order valence-electron chi connectivity index (χ4n) is 2.97. The van der Waals surface area contributed by atoms with Gasteiger partial charge in [0.15, 0.2) is 0 Å². The van der Waals surface area contributed by atoms with E-state index >= 15 is 0 Å². The highest BCUT2D eigenvalue weighted by molar-refractivity contribution is 5.89. The molecule has 0 aromatic heterocycles. The van der Waals surface area contributed by atoms with Gasteiger partial charge in [0, 0.05) is 18.7 Å². The van der Waals surface area contributed by atoms with Crippen LogP contribution in [0.4, 0.5) is 10.5 Å². The van der Waals surface area contributed by atoms with Crippen LogP contribution in [0.2, 0.25) is 0 Å². The molecule has 0 aliphatic carbocycles. The molecule has 0 bridgehead atoms. The summed E-state index contributed by atoms with van der Waals surface area (Å²) in [6.45, 7) is 5.19. The van der Waals surface area contributed by atoms with E-state index in [-0.39, 0.29) is 17.7 Å². The van der Waals surface area contributed by atoms with Crippen LogP contribution in [0.3, 0.4) is 0 Å². The van der Waals surface area contributed by atoms with Gasteiger partial charge in [-0.3, -0.25) is 0 Å². The normalized spacial score (nSPS) is 19.8. The van der Waals surface area contributed by atoms with Gasteiger partial charge in [0.05, 0.1) is 18.2 Å². The van der Waals surface area contributed by atoms with E-state index in [2.05, 4.69) is 17.4 Å². The first-order valence-electron chi connectivity index (χ1n) is 8.34. The molecular formula is C20H24N2O2. The first-order valence-corrected chi connectivity index (χ1v) is 8.34. The number of amides is 2. The molecule has 0 spiro atoms. The SMILES string of the molecule is CC1(C)COC(Cc2ccccc2)CN1C(=O)Nc1ccccc1. The fourth-order valence-corrected chi connectivity index (χ4v) is 2.97. The fraction of sp³-hybridized carbons (Fsp3) is 0.350. The molecule has 24 heavy (non-hydrogen) atoms. The molecule has 2 amide bonds. The lowest BCUT2D eigenvalue weighted by Gasteiger charge is -2.45. The van der Waals surface area contributed by atoms with Crippen LogP contribution in [0.5, 0.6) is 0 Å². The maximum Gasteiger partial charge on any atom is 0.322 e. The maximum absolute atomic E-state index is 12.7. The zero-order valence-corrected chi connectivity index (χ0v) is 14.2. The topological polar surface area (TPSA) is 41.6 Å². The molecule has 1 saturated heterocycles. The molecule has 4 nitrogen and oxygen atoms in total. The summed E-state index contributed by atoms with van der Waals surface area (Å²) in [5, 5.41) is 2.98. The first-order chi connectivity index (χ1) is 11.5. The first kappa shape index (κ1) is 16.5. The van der Waals surface area contributed by atoms with Gasteiger partial charge in [0.25, 0.3) is 0 Å². The predicted octanol–water partition coefficient (Wildman–Crippen LogP) is 3.94. The number of morpholine rings is 1. The van der Waals surface area contributed by atoms with Gasteiger partial charge in [-0.25, -0.2) is 4.79 Å². The van der Waals surface area contributed by atoms with E-state index < -0.39 is 0 Å². The van der Waals surface area contributed by atoms with E-state index in [1.807, 2.05) is 67.3 Å². The summed E-state index contributed by atoms with van der Waals surface area (Å²) in [6, 6.07) is 19.7. The molecule has 0 saturated carbocycles. The molecule has 4 heteroatoms. The second kappa shape index (κ2) is 7.05. The highest BCUT2D eigenvalue weighted by Crippen LogP contribution is 2.25. The molecule has 1 atom stereocenters. The van der Waals surface area contributed by atoms with Gasteiger partial charge in [-0.1, -0.05) is 48.5 Å². The van der Waals surface area contributed by atoms with Gasteiger partial charge in [-0.05, 0) is 31.5 Å². The summed E-state index contributed by atoms with van der Waals surface area (Å²) in [5.41, 5.74) is 1.71. The molecule has 1 unspecified atom stereocenters. The number of hydrogen-bond acceptors (Lipinski definition) is 2. The van der Waals surface area contributed by atoms with Crippen molar-refractivity contribution < 1.29 is 9.53 Å². The van der Waals surface area contributed by atoms with Gasteiger partial charge in [0.1, 0.15) is 0 Å². The number of nitrogens with one attached hydrogen (secondary N) is 1. The quantitative estimate of drug-likeness (QED) is 0.929. The Morgan fingerprint density at radius 1 is 1.12 bits per heavy atom. The Bertz CT molecular complexity index is 671. The van der Waals surface area contributed by atoms with Crippen molar-refractivity contribution in [1.29, 1.82) is 0 Å². The third-order valence-electron chi connectivity index (χ3n) is 4.37. The van der Waals surface area contributed by atoms with Crippen molar-refractivity contribution in [2.45, 2.75) is 31.9 Å². The van der Waals surface area contributed by atoms with Crippen LogP contribution in [0.1, 0.15) is 19.4 Å². The highest BCUT2D eigenvalue weighted by atomic mass is 16.5. The van der Waals surface area contributed by atoms with Crippen molar-refractivity contribution in [2.75, 3.05) is 18.5 Å². The number of rotatable bonds is 3. The molecular weight excluding hydrogens is 300 g/mol. The number of benzene rings is 2. The summed E-state index contributed by atoms with van der Waals surface area (Å²) in [5.74, 6) is 0. The van der Waals surface area contributed by atoms with E-state index in [1.54, 1.807) is 0 Å². The molecule has 126 valence electrons. The van der Waals surface area contributed by atoms with Gasteiger partial charge < -0.3 is 15.0 Å². The minimum absolute atomic E-state index is 0.0157. The lowest BCUT2D eigenvalue weighted by molar-refractivity contribution is -0.0757. The third kappa shape index (κ3) is 3.95. The molecule has 1 heterocycles. The second-order valence-electron chi connectivity index (χ2n) is 6.84. The molecule has 1 fully saturated rings. The average Bonchev–Trinajstić information content (AvgIpc) is 2.58. The smallest absolute Gasteiger partial charge is 0.322 e. The predicted molar refractivity (Wildman–Crippen MR) is 96.1 cm³/mol. The lowest BCUT2D eigenvalue weighted by atomic mass is 9.98. The summed E-state index contributed by atoms with van der Waals surface area (Å²) in [4.78, 5) is 14.6. The largest absolute Gasteiger partial charge is 0.374 e. The Hall–Kier alpha value is -2.33. The summed E-state index contributed by atoms with van der Waals surface area (Å²) in [6.07, 6.45) is 0.827. The van der Waals surface area contributed by atoms with E-state index in [1.165, 1.54) is 5.56 Å². The number of nitrogens with zero attached hydrogens (tertiary/aromatic N) is 1. The van der Waals surface area contributed by atoms with E-state index in [4.69, 9.17) is 4.74 Å². The van der Waals surface area contributed by atoms with Crippen molar-refractivity contribution in [1.82, 2.24) is 4.90 Å². The Kier molecular flexibility index (Phi) is 4.86. The monoisotopic (exact) mass is 324 g/mol. The number of para-hydroxylation sites is 1. The van der Waals surface area contributed by atoms with Crippen LogP contribution in [-0.4, -0.2) is 35.7 Å². The Balaban J connectivity index is 1.68. The molecule has 2 aromatic rings. The van der Waals surface area contributed by atoms with E-state index in [0.717, 1.165) is 12.1 Å². The van der Waals surface area contributed by atoms with Gasteiger partial charge in [-0.15, -0.1) is 0 Å². The standard InChI is InChI=1S/C20H24N2O2/c1-20(2)15-24-18(13-16-9-5-3-6-10-16)14-22(20)19(23)21-17-11-7-4-8-12-17/h3-12,18H,13-15H2,1-2H3,(H,21,23). The van der Waals surface area contributed by atoms with E-state index in [9.17, 15) is 4.79 Å². The molecule has 2 aromatic carbocycles. The minimum Gasteiger partial charge on any atom is -0.374 e. The van der Waals surface area contributed by atoms with E-state index in [0.29, 0.717) is 13.2 Å². The van der Waals surface area contributed by atoms with Crippen LogP contribution < -0.4 is 5.32 Å². The Labute approximate surface area is 143 Å². The Morgan fingerprint density at radius 2 is 1.75 bits per heavy atom. The van der Waals surface area contributed by atoms with Crippen molar-refractivity contribution in [3.63, 3.8) is 0 Å². The maximum atomic E-state index is 12.7. The van der Waals surface area contributed by atoms with Crippen molar-refractivity contribution in [3.05, 3.63) is 66.2 Å².